The standard InChI is InChI=1S/C36H37N7O9S/c1-36(2,3)52-28(44)15-27(41-50-5)32(46)40-29-33(47)43-30(35(48)51-18-21-6-8-25(49-4)9-7-21)24(19-53-34(29)43)17-42-12-10-22(11-13-42)23-14-26(38-16-23)31(45)39-20-37/h6-14,16,29,34H,15,17-19H2,1-5H3,(H,39,45)(H,40,46)/b41-27+. The molecule has 0 bridgehead atoms. The molecule has 4 heterocycles. The van der Waals surface area contributed by atoms with Crippen LogP contribution in [0.5, 0.6) is 5.75 Å². The predicted molar refractivity (Wildman–Crippen MR) is 192 cm³/mol. The quantitative estimate of drug-likeness (QED) is 0.0792. The molecule has 17 heteroatoms. The number of esters is 2. The molecule has 4 aliphatic heterocycles. The maximum absolute atomic E-state index is 13.8. The molecule has 0 saturated carbocycles. The SMILES string of the molecule is CO/N=C(\CC(=O)OC(C)(C)C)C(=O)NC1C(=O)N2C(C(=O)OCc3ccc(OC)cc3)=C(CN3C=CC(=C4C=NC(C(=O)NC#N)=C4)C=C3)CSC12. The van der Waals surface area contributed by atoms with Crippen LogP contribution in [0.4, 0.5) is 0 Å². The molecule has 53 heavy (non-hydrogen) atoms. The molecule has 1 aromatic carbocycles. The van der Waals surface area contributed by atoms with Gasteiger partial charge in [0, 0.05) is 36.5 Å². The van der Waals surface area contributed by atoms with Gasteiger partial charge in [0.2, 0.25) is 0 Å². The van der Waals surface area contributed by atoms with Gasteiger partial charge in [-0.15, -0.1) is 11.8 Å². The van der Waals surface area contributed by atoms with Crippen LogP contribution in [-0.2, 0) is 44.9 Å². The molecule has 276 valence electrons. The highest BCUT2D eigenvalue weighted by Gasteiger charge is 2.54. The van der Waals surface area contributed by atoms with Crippen molar-refractivity contribution >= 4 is 53.3 Å². The first kappa shape index (κ1) is 38.1. The van der Waals surface area contributed by atoms with E-state index >= 15 is 0 Å². The Labute approximate surface area is 309 Å². The van der Waals surface area contributed by atoms with Crippen molar-refractivity contribution in [2.75, 3.05) is 26.5 Å². The molecule has 2 atom stereocenters. The van der Waals surface area contributed by atoms with Crippen LogP contribution in [0.1, 0.15) is 32.8 Å². The number of β-lactam (4-membered cyclic amide) rings is 1. The first-order chi connectivity index (χ1) is 25.3. The van der Waals surface area contributed by atoms with Crippen LogP contribution in [0.2, 0.25) is 0 Å². The van der Waals surface area contributed by atoms with E-state index in [-0.39, 0.29) is 30.3 Å². The van der Waals surface area contributed by atoms with Crippen LogP contribution in [0.3, 0.4) is 0 Å². The number of thioether (sulfide) groups is 1. The third-order valence-electron chi connectivity index (χ3n) is 7.89. The summed E-state index contributed by atoms with van der Waals surface area (Å²) < 4.78 is 16.2. The van der Waals surface area contributed by atoms with E-state index in [0.717, 1.165) is 5.57 Å². The molecule has 2 N–H and O–H groups in total. The van der Waals surface area contributed by atoms with Gasteiger partial charge < -0.3 is 29.3 Å². The van der Waals surface area contributed by atoms with E-state index in [1.807, 2.05) is 10.2 Å². The van der Waals surface area contributed by atoms with Gasteiger partial charge in [-0.05, 0) is 67.8 Å². The summed E-state index contributed by atoms with van der Waals surface area (Å²) in [5.41, 5.74) is 1.86. The molecule has 1 aromatic rings. The molecular weight excluding hydrogens is 707 g/mol. The highest BCUT2D eigenvalue weighted by molar-refractivity contribution is 8.00. The van der Waals surface area contributed by atoms with E-state index in [1.165, 1.54) is 30.0 Å². The smallest absolute Gasteiger partial charge is 0.355 e. The Morgan fingerprint density at radius 2 is 1.81 bits per heavy atom. The van der Waals surface area contributed by atoms with Gasteiger partial charge in [0.15, 0.2) is 11.9 Å². The largest absolute Gasteiger partial charge is 0.497 e. The van der Waals surface area contributed by atoms with Crippen molar-refractivity contribution < 1.29 is 43.0 Å². The molecule has 0 radical (unpaired) electrons. The van der Waals surface area contributed by atoms with Crippen LogP contribution < -0.4 is 15.4 Å². The lowest BCUT2D eigenvalue weighted by molar-refractivity contribution is -0.154. The van der Waals surface area contributed by atoms with Crippen molar-refractivity contribution in [1.29, 1.82) is 5.26 Å². The number of benzene rings is 1. The molecule has 5 rings (SSSR count). The van der Waals surface area contributed by atoms with Crippen LogP contribution in [0.15, 0.2) is 93.2 Å². The minimum absolute atomic E-state index is 0.0645. The number of fused-ring (bicyclic) bond motifs is 1. The minimum Gasteiger partial charge on any atom is -0.497 e. The van der Waals surface area contributed by atoms with Crippen molar-refractivity contribution in [1.82, 2.24) is 20.4 Å². The molecule has 4 aliphatic rings. The Bertz CT molecular complexity index is 1930. The summed E-state index contributed by atoms with van der Waals surface area (Å²) in [7, 11) is 2.77. The highest BCUT2D eigenvalue weighted by atomic mass is 32.2. The second-order valence-electron chi connectivity index (χ2n) is 12.8. The predicted octanol–water partition coefficient (Wildman–Crippen LogP) is 2.33. The molecule has 0 aromatic heterocycles. The second-order valence-corrected chi connectivity index (χ2v) is 13.9. The van der Waals surface area contributed by atoms with Crippen LogP contribution >= 0.6 is 11.8 Å². The summed E-state index contributed by atoms with van der Waals surface area (Å²) >= 11 is 1.36. The van der Waals surface area contributed by atoms with Crippen LogP contribution in [-0.4, -0.2) is 94.9 Å². The van der Waals surface area contributed by atoms with Crippen molar-refractivity contribution in [2.45, 2.75) is 50.8 Å². The van der Waals surface area contributed by atoms with E-state index in [2.05, 4.69) is 15.5 Å². The average molecular weight is 744 g/mol. The number of methoxy groups -OCH3 is 1. The molecule has 0 spiro atoms. The number of nitriles is 1. The number of nitrogens with one attached hydrogen (secondary N) is 2. The molecule has 1 fully saturated rings. The number of amides is 3. The zero-order chi connectivity index (χ0) is 38.3. The number of ether oxygens (including phenoxy) is 3. The number of rotatable bonds is 12. The van der Waals surface area contributed by atoms with E-state index in [4.69, 9.17) is 24.3 Å². The highest BCUT2D eigenvalue weighted by Crippen LogP contribution is 2.41. The summed E-state index contributed by atoms with van der Waals surface area (Å²) in [6.45, 7) is 5.23. The van der Waals surface area contributed by atoms with Gasteiger partial charge in [0.25, 0.3) is 17.7 Å². The monoisotopic (exact) mass is 743 g/mol. The van der Waals surface area contributed by atoms with Crippen molar-refractivity contribution in [3.8, 4) is 11.9 Å². The summed E-state index contributed by atoms with van der Waals surface area (Å²) in [4.78, 5) is 77.1. The zero-order valence-corrected chi connectivity index (χ0v) is 30.4. The summed E-state index contributed by atoms with van der Waals surface area (Å²) in [5.74, 6) is -2.39. The molecule has 3 amide bonds. The molecule has 16 nitrogen and oxygen atoms in total. The van der Waals surface area contributed by atoms with Gasteiger partial charge in [-0.2, -0.15) is 5.26 Å². The fourth-order valence-electron chi connectivity index (χ4n) is 5.47. The second kappa shape index (κ2) is 16.5. The Kier molecular flexibility index (Phi) is 11.8. The average Bonchev–Trinajstić information content (AvgIpc) is 3.63. The summed E-state index contributed by atoms with van der Waals surface area (Å²) in [6, 6.07) is 5.98. The number of carbonyl (C=O) groups is 5. The Balaban J connectivity index is 1.34. The molecule has 1 saturated heterocycles. The number of nitrogens with zero attached hydrogens (tertiary/aromatic N) is 5. The maximum Gasteiger partial charge on any atom is 0.355 e. The van der Waals surface area contributed by atoms with Gasteiger partial charge in [-0.3, -0.25) is 34.4 Å². The van der Waals surface area contributed by atoms with Crippen molar-refractivity contribution in [2.24, 2.45) is 10.1 Å². The normalized spacial score (nSPS) is 19.2. The van der Waals surface area contributed by atoms with E-state index in [1.54, 1.807) is 89.0 Å². The number of aliphatic imine (C=N–C) groups is 1. The van der Waals surface area contributed by atoms with Gasteiger partial charge in [0.05, 0.1) is 13.5 Å². The van der Waals surface area contributed by atoms with E-state index in [0.29, 0.717) is 28.2 Å². The number of hydrogen-bond donors (Lipinski definition) is 2. The van der Waals surface area contributed by atoms with Crippen molar-refractivity contribution in [3.05, 3.63) is 88.6 Å². The molecular formula is C36H37N7O9S. The fourth-order valence-corrected chi connectivity index (χ4v) is 6.80. The lowest BCUT2D eigenvalue weighted by atomic mass is 10.0. The third kappa shape index (κ3) is 9.21. The van der Waals surface area contributed by atoms with Gasteiger partial charge in [-0.25, -0.2) is 4.79 Å². The van der Waals surface area contributed by atoms with Crippen LogP contribution in [0, 0.1) is 11.5 Å². The number of carbonyl (C=O) groups excluding carboxylic acids is 5. The third-order valence-corrected chi connectivity index (χ3v) is 9.23. The van der Waals surface area contributed by atoms with Gasteiger partial charge >= 0.3 is 11.9 Å². The van der Waals surface area contributed by atoms with E-state index < -0.39 is 53.1 Å². The fraction of sp³-hybridized carbons (Fsp3) is 0.333. The topological polar surface area (TPSA) is 201 Å². The minimum atomic E-state index is -1.02. The van der Waals surface area contributed by atoms with E-state index in [9.17, 15) is 24.0 Å². The summed E-state index contributed by atoms with van der Waals surface area (Å²) in [5, 5.41) is 16.4. The number of allylic oxidation sites excluding steroid dienone is 5. The first-order valence-electron chi connectivity index (χ1n) is 16.2. The van der Waals surface area contributed by atoms with Gasteiger partial charge in [-0.1, -0.05) is 17.3 Å². The number of hydrogen-bond acceptors (Lipinski definition) is 14. The first-order valence-corrected chi connectivity index (χ1v) is 17.3. The lowest BCUT2D eigenvalue weighted by Crippen LogP contribution is -2.71. The van der Waals surface area contributed by atoms with Gasteiger partial charge in [0.1, 0.15) is 47.9 Å². The maximum atomic E-state index is 13.8. The summed E-state index contributed by atoms with van der Waals surface area (Å²) in [6.07, 6.45) is 11.4. The Morgan fingerprint density at radius 1 is 1.09 bits per heavy atom. The Hall–Kier alpha value is -6.15. The van der Waals surface area contributed by atoms with Crippen LogP contribution in [0.25, 0.3) is 0 Å². The molecule has 0 aliphatic carbocycles. The van der Waals surface area contributed by atoms with Crippen molar-refractivity contribution in [3.63, 3.8) is 0 Å². The molecule has 2 unspecified atom stereocenters. The Morgan fingerprint density at radius 3 is 2.45 bits per heavy atom. The number of oxime groups is 1. The zero-order valence-electron chi connectivity index (χ0n) is 29.6. The lowest BCUT2D eigenvalue weighted by Gasteiger charge is -2.50.